The van der Waals surface area contributed by atoms with E-state index in [9.17, 15) is 13.6 Å². The van der Waals surface area contributed by atoms with Gasteiger partial charge in [-0.15, -0.1) is 5.10 Å². The van der Waals surface area contributed by atoms with Gasteiger partial charge in [0.2, 0.25) is 5.82 Å². The lowest BCUT2D eigenvalue weighted by Crippen LogP contribution is -2.14. The number of carbonyl (C=O) groups is 1. The predicted molar refractivity (Wildman–Crippen MR) is 87.4 cm³/mol. The summed E-state index contributed by atoms with van der Waals surface area (Å²) in [5, 5.41) is 7.25. The number of ether oxygens (including phenoxy) is 1. The fourth-order valence-electron chi connectivity index (χ4n) is 1.99. The van der Waals surface area contributed by atoms with Crippen molar-refractivity contribution in [2.45, 2.75) is 6.61 Å². The number of benzene rings is 2. The molecular weight excluding hydrogens is 354 g/mol. The van der Waals surface area contributed by atoms with Crippen molar-refractivity contribution in [3.63, 3.8) is 0 Å². The van der Waals surface area contributed by atoms with E-state index in [4.69, 9.17) is 11.6 Å². The normalized spacial score (nSPS) is 10.7. The predicted octanol–water partition coefficient (Wildman–Crippen LogP) is 3.77. The molecule has 0 spiro atoms. The minimum atomic E-state index is -2.90. The molecule has 1 aromatic heterocycles. The summed E-state index contributed by atoms with van der Waals surface area (Å²) in [6, 6.07) is 12.4. The summed E-state index contributed by atoms with van der Waals surface area (Å²) in [7, 11) is 0. The average molecular weight is 365 g/mol. The Hall–Kier alpha value is -3.00. The van der Waals surface area contributed by atoms with Crippen LogP contribution in [0.5, 0.6) is 5.75 Å². The topological polar surface area (TPSA) is 69.0 Å². The van der Waals surface area contributed by atoms with Gasteiger partial charge in [0, 0.05) is 10.7 Å². The van der Waals surface area contributed by atoms with E-state index in [1.54, 1.807) is 24.3 Å². The van der Waals surface area contributed by atoms with Gasteiger partial charge in [-0.05, 0) is 48.5 Å². The molecule has 3 aromatic rings. The Balaban J connectivity index is 1.68. The molecule has 128 valence electrons. The van der Waals surface area contributed by atoms with Crippen LogP contribution in [0.4, 0.5) is 14.5 Å². The Morgan fingerprint density at radius 3 is 2.44 bits per heavy atom. The third kappa shape index (κ3) is 4.30. The number of hydrogen-bond acceptors (Lipinski definition) is 4. The molecule has 9 heteroatoms. The minimum absolute atomic E-state index is 0.00172. The first-order valence-electron chi connectivity index (χ1n) is 7.05. The van der Waals surface area contributed by atoms with Gasteiger partial charge in [0.1, 0.15) is 12.1 Å². The van der Waals surface area contributed by atoms with E-state index in [0.29, 0.717) is 16.4 Å². The van der Waals surface area contributed by atoms with Crippen LogP contribution in [0.15, 0.2) is 54.9 Å². The first-order chi connectivity index (χ1) is 12.0. The molecule has 3 rings (SSSR count). The highest BCUT2D eigenvalue weighted by atomic mass is 35.5. The zero-order valence-corrected chi connectivity index (χ0v) is 13.3. The van der Waals surface area contributed by atoms with Gasteiger partial charge in [-0.2, -0.15) is 8.78 Å². The van der Waals surface area contributed by atoms with Crippen LogP contribution in [-0.2, 0) is 0 Å². The number of carbonyl (C=O) groups excluding carboxylic acids is 1. The largest absolute Gasteiger partial charge is 0.435 e. The number of anilines is 1. The summed E-state index contributed by atoms with van der Waals surface area (Å²) in [6.45, 7) is -2.90. The second-order valence-electron chi connectivity index (χ2n) is 4.85. The Kier molecular flexibility index (Phi) is 4.90. The molecule has 0 aliphatic carbocycles. The lowest BCUT2D eigenvalue weighted by atomic mass is 10.3. The molecule has 2 aromatic carbocycles. The minimum Gasteiger partial charge on any atom is -0.435 e. The summed E-state index contributed by atoms with van der Waals surface area (Å²) < 4.78 is 29.9. The Morgan fingerprint density at radius 1 is 1.12 bits per heavy atom. The molecule has 6 nitrogen and oxygen atoms in total. The fraction of sp³-hybridized carbons (Fsp3) is 0.0625. The monoisotopic (exact) mass is 364 g/mol. The van der Waals surface area contributed by atoms with Gasteiger partial charge in [0.15, 0.2) is 0 Å². The van der Waals surface area contributed by atoms with Crippen molar-refractivity contribution in [2.24, 2.45) is 0 Å². The van der Waals surface area contributed by atoms with Crippen molar-refractivity contribution in [2.75, 3.05) is 5.32 Å². The maximum atomic E-state index is 12.2. The van der Waals surface area contributed by atoms with Crippen LogP contribution in [0, 0.1) is 0 Å². The van der Waals surface area contributed by atoms with E-state index in [1.165, 1.54) is 35.3 Å². The highest BCUT2D eigenvalue weighted by Gasteiger charge is 2.13. The van der Waals surface area contributed by atoms with E-state index < -0.39 is 12.5 Å². The number of aromatic nitrogens is 3. The summed E-state index contributed by atoms with van der Waals surface area (Å²) in [5.74, 6) is -0.573. The number of hydrogen-bond donors (Lipinski definition) is 1. The Labute approximate surface area is 146 Å². The van der Waals surface area contributed by atoms with Crippen LogP contribution >= 0.6 is 11.6 Å². The van der Waals surface area contributed by atoms with Gasteiger partial charge < -0.3 is 10.1 Å². The van der Waals surface area contributed by atoms with Gasteiger partial charge in [0.05, 0.1) is 5.69 Å². The Bertz CT molecular complexity index is 867. The van der Waals surface area contributed by atoms with Crippen molar-refractivity contribution in [1.82, 2.24) is 14.8 Å². The molecule has 1 amide bonds. The number of rotatable bonds is 5. The molecule has 0 saturated carbocycles. The maximum Gasteiger partial charge on any atom is 0.387 e. The van der Waals surface area contributed by atoms with Crippen LogP contribution in [0.3, 0.4) is 0 Å². The second-order valence-corrected chi connectivity index (χ2v) is 5.28. The molecule has 1 heterocycles. The number of halogens is 3. The average Bonchev–Trinajstić information content (AvgIpc) is 3.07. The molecular formula is C16H11ClF2N4O2. The van der Waals surface area contributed by atoms with Gasteiger partial charge in [0.25, 0.3) is 5.91 Å². The Morgan fingerprint density at radius 2 is 1.80 bits per heavy atom. The van der Waals surface area contributed by atoms with Crippen molar-refractivity contribution < 1.29 is 18.3 Å². The summed E-state index contributed by atoms with van der Waals surface area (Å²) in [5.41, 5.74) is 1.10. The molecule has 0 aliphatic rings. The van der Waals surface area contributed by atoms with Crippen LogP contribution < -0.4 is 10.1 Å². The fourth-order valence-corrected chi connectivity index (χ4v) is 2.12. The van der Waals surface area contributed by atoms with Crippen molar-refractivity contribution in [3.8, 4) is 11.4 Å². The molecule has 0 atom stereocenters. The van der Waals surface area contributed by atoms with Gasteiger partial charge in [-0.3, -0.25) is 4.79 Å². The zero-order valence-electron chi connectivity index (χ0n) is 12.6. The standard InChI is InChI=1S/C16H11ClF2N4O2/c17-10-1-5-12(6-2-10)23-9-20-14(22-23)15(24)21-11-3-7-13(8-4-11)25-16(18)19/h1-9,16H,(H,21,24). The third-order valence-electron chi connectivity index (χ3n) is 3.12. The summed E-state index contributed by atoms with van der Waals surface area (Å²) in [4.78, 5) is 16.1. The van der Waals surface area contributed by atoms with Crippen LogP contribution in [0.2, 0.25) is 5.02 Å². The lowest BCUT2D eigenvalue weighted by Gasteiger charge is -2.06. The van der Waals surface area contributed by atoms with Crippen molar-refractivity contribution in [3.05, 3.63) is 65.7 Å². The number of alkyl halides is 2. The van der Waals surface area contributed by atoms with E-state index in [1.807, 2.05) is 0 Å². The van der Waals surface area contributed by atoms with Gasteiger partial charge in [-0.1, -0.05) is 11.6 Å². The molecule has 0 saturated heterocycles. The molecule has 25 heavy (non-hydrogen) atoms. The molecule has 0 unspecified atom stereocenters. The van der Waals surface area contributed by atoms with E-state index >= 15 is 0 Å². The van der Waals surface area contributed by atoms with E-state index in [-0.39, 0.29) is 11.6 Å². The first kappa shape index (κ1) is 16.8. The molecule has 1 N–H and O–H groups in total. The van der Waals surface area contributed by atoms with Crippen LogP contribution in [0.1, 0.15) is 10.6 Å². The lowest BCUT2D eigenvalue weighted by molar-refractivity contribution is -0.0498. The SMILES string of the molecule is O=C(Nc1ccc(OC(F)F)cc1)c1ncn(-c2ccc(Cl)cc2)n1. The molecule has 0 bridgehead atoms. The maximum absolute atomic E-state index is 12.2. The highest BCUT2D eigenvalue weighted by Crippen LogP contribution is 2.18. The zero-order chi connectivity index (χ0) is 17.8. The number of nitrogens with zero attached hydrogens (tertiary/aromatic N) is 3. The smallest absolute Gasteiger partial charge is 0.387 e. The van der Waals surface area contributed by atoms with Crippen molar-refractivity contribution in [1.29, 1.82) is 0 Å². The first-order valence-corrected chi connectivity index (χ1v) is 7.43. The third-order valence-corrected chi connectivity index (χ3v) is 3.38. The summed E-state index contributed by atoms with van der Waals surface area (Å²) in [6.07, 6.45) is 1.40. The van der Waals surface area contributed by atoms with E-state index in [2.05, 4.69) is 20.1 Å². The number of amides is 1. The number of nitrogens with one attached hydrogen (secondary N) is 1. The van der Waals surface area contributed by atoms with Crippen molar-refractivity contribution >= 4 is 23.2 Å². The summed E-state index contributed by atoms with van der Waals surface area (Å²) >= 11 is 5.82. The second kappa shape index (κ2) is 7.27. The highest BCUT2D eigenvalue weighted by molar-refractivity contribution is 6.30. The molecule has 0 fully saturated rings. The van der Waals surface area contributed by atoms with Gasteiger partial charge >= 0.3 is 6.61 Å². The molecule has 0 radical (unpaired) electrons. The van der Waals surface area contributed by atoms with E-state index in [0.717, 1.165) is 0 Å². The molecule has 0 aliphatic heterocycles. The van der Waals surface area contributed by atoms with Gasteiger partial charge in [-0.25, -0.2) is 9.67 Å². The quantitative estimate of drug-likeness (QED) is 0.748. The van der Waals surface area contributed by atoms with Crippen LogP contribution in [0.25, 0.3) is 5.69 Å². The van der Waals surface area contributed by atoms with Crippen LogP contribution in [-0.4, -0.2) is 27.3 Å².